The van der Waals surface area contributed by atoms with Gasteiger partial charge in [0.15, 0.2) is 0 Å². The molecule has 0 aliphatic rings. The summed E-state index contributed by atoms with van der Waals surface area (Å²) in [4.78, 5) is 10.3. The third kappa shape index (κ3) is 2.11. The SMILES string of the molecule is COc1c(C#N)cc(C(C)C)cc1[N+](=O)[O-]. The molecular weight excluding hydrogens is 208 g/mol. The Morgan fingerprint density at radius 3 is 2.50 bits per heavy atom. The number of benzene rings is 1. The van der Waals surface area contributed by atoms with Crippen molar-refractivity contribution in [3.8, 4) is 11.8 Å². The van der Waals surface area contributed by atoms with Crippen molar-refractivity contribution in [2.75, 3.05) is 7.11 Å². The molecule has 0 aliphatic heterocycles. The van der Waals surface area contributed by atoms with Gasteiger partial charge in [0, 0.05) is 6.07 Å². The lowest BCUT2D eigenvalue weighted by Crippen LogP contribution is -1.99. The number of rotatable bonds is 3. The molecule has 1 rings (SSSR count). The standard InChI is InChI=1S/C11H12N2O3/c1-7(2)8-4-9(6-12)11(16-3)10(5-8)13(14)15/h4-5,7H,1-3H3. The fourth-order valence-electron chi connectivity index (χ4n) is 1.40. The summed E-state index contributed by atoms with van der Waals surface area (Å²) < 4.78 is 4.90. The van der Waals surface area contributed by atoms with Gasteiger partial charge in [-0.25, -0.2) is 0 Å². The van der Waals surface area contributed by atoms with Crippen molar-refractivity contribution in [3.63, 3.8) is 0 Å². The van der Waals surface area contributed by atoms with E-state index in [2.05, 4.69) is 0 Å². The summed E-state index contributed by atoms with van der Waals surface area (Å²) in [5.74, 6) is 0.147. The van der Waals surface area contributed by atoms with E-state index in [1.807, 2.05) is 19.9 Å². The first-order valence-electron chi connectivity index (χ1n) is 4.77. The fourth-order valence-corrected chi connectivity index (χ4v) is 1.40. The molecule has 0 atom stereocenters. The summed E-state index contributed by atoms with van der Waals surface area (Å²) >= 11 is 0. The second-order valence-electron chi connectivity index (χ2n) is 3.64. The van der Waals surface area contributed by atoms with Crippen LogP contribution in [0.25, 0.3) is 0 Å². The van der Waals surface area contributed by atoms with Crippen LogP contribution < -0.4 is 4.74 Å². The number of nitrogens with zero attached hydrogens (tertiary/aromatic N) is 2. The molecule has 0 bridgehead atoms. The number of hydrogen-bond acceptors (Lipinski definition) is 4. The van der Waals surface area contributed by atoms with Crippen molar-refractivity contribution in [1.29, 1.82) is 5.26 Å². The van der Waals surface area contributed by atoms with Crippen LogP contribution in [0.5, 0.6) is 5.75 Å². The van der Waals surface area contributed by atoms with Crippen molar-refractivity contribution < 1.29 is 9.66 Å². The summed E-state index contributed by atoms with van der Waals surface area (Å²) in [5.41, 5.74) is 0.787. The third-order valence-corrected chi connectivity index (χ3v) is 2.28. The predicted octanol–water partition coefficient (Wildman–Crippen LogP) is 2.60. The van der Waals surface area contributed by atoms with Crippen LogP contribution in [0.15, 0.2) is 12.1 Å². The van der Waals surface area contributed by atoms with Crippen LogP contribution in [0, 0.1) is 21.4 Å². The average molecular weight is 220 g/mol. The van der Waals surface area contributed by atoms with Gasteiger partial charge in [0.1, 0.15) is 11.6 Å². The smallest absolute Gasteiger partial charge is 0.312 e. The number of hydrogen-bond donors (Lipinski definition) is 0. The maximum absolute atomic E-state index is 10.8. The Bertz CT molecular complexity index is 461. The van der Waals surface area contributed by atoms with Crippen molar-refractivity contribution in [1.82, 2.24) is 0 Å². The van der Waals surface area contributed by atoms with E-state index in [0.717, 1.165) is 5.56 Å². The van der Waals surface area contributed by atoms with Gasteiger partial charge in [-0.05, 0) is 17.5 Å². The zero-order chi connectivity index (χ0) is 12.3. The van der Waals surface area contributed by atoms with Gasteiger partial charge in [-0.3, -0.25) is 10.1 Å². The molecule has 0 radical (unpaired) electrons. The highest BCUT2D eigenvalue weighted by molar-refractivity contribution is 5.59. The minimum atomic E-state index is -0.536. The zero-order valence-electron chi connectivity index (χ0n) is 9.35. The van der Waals surface area contributed by atoms with Gasteiger partial charge in [0.25, 0.3) is 0 Å². The number of nitro groups is 1. The van der Waals surface area contributed by atoms with E-state index >= 15 is 0 Å². The molecule has 84 valence electrons. The minimum absolute atomic E-state index is 0.0249. The van der Waals surface area contributed by atoms with Gasteiger partial charge in [0.05, 0.1) is 12.0 Å². The van der Waals surface area contributed by atoms with Gasteiger partial charge in [0.2, 0.25) is 5.75 Å². The van der Waals surface area contributed by atoms with Crippen molar-refractivity contribution in [3.05, 3.63) is 33.4 Å². The maximum atomic E-state index is 10.8. The number of ether oxygens (including phenoxy) is 1. The molecule has 16 heavy (non-hydrogen) atoms. The highest BCUT2D eigenvalue weighted by atomic mass is 16.6. The summed E-state index contributed by atoms with van der Waals surface area (Å²) in [6.45, 7) is 3.82. The van der Waals surface area contributed by atoms with Crippen LogP contribution in [-0.2, 0) is 0 Å². The number of nitriles is 1. The molecule has 0 aliphatic carbocycles. The number of nitro benzene ring substituents is 1. The second-order valence-corrected chi connectivity index (χ2v) is 3.64. The van der Waals surface area contributed by atoms with Gasteiger partial charge in [-0.2, -0.15) is 5.26 Å². The summed E-state index contributed by atoms with van der Waals surface area (Å²) in [6, 6.07) is 4.98. The van der Waals surface area contributed by atoms with Gasteiger partial charge in [-0.15, -0.1) is 0 Å². The molecular formula is C11H12N2O3. The molecule has 0 saturated heterocycles. The van der Waals surface area contributed by atoms with Crippen LogP contribution in [0.1, 0.15) is 30.9 Å². The fraction of sp³-hybridized carbons (Fsp3) is 0.364. The van der Waals surface area contributed by atoms with E-state index in [1.54, 1.807) is 6.07 Å². The first kappa shape index (κ1) is 12.0. The molecule has 0 amide bonds. The Balaban J connectivity index is 3.51. The van der Waals surface area contributed by atoms with Gasteiger partial charge >= 0.3 is 5.69 Å². The monoisotopic (exact) mass is 220 g/mol. The molecule has 0 aromatic heterocycles. The van der Waals surface area contributed by atoms with E-state index in [9.17, 15) is 10.1 Å². The average Bonchev–Trinajstić information content (AvgIpc) is 2.26. The lowest BCUT2D eigenvalue weighted by molar-refractivity contribution is -0.385. The van der Waals surface area contributed by atoms with Crippen LogP contribution in [0.3, 0.4) is 0 Å². The maximum Gasteiger partial charge on any atom is 0.312 e. The van der Waals surface area contributed by atoms with Crippen LogP contribution in [-0.4, -0.2) is 12.0 Å². The summed E-state index contributed by atoms with van der Waals surface area (Å²) in [5, 5.41) is 19.7. The predicted molar refractivity (Wildman–Crippen MR) is 58.5 cm³/mol. The Kier molecular flexibility index (Phi) is 3.46. The second kappa shape index (κ2) is 4.62. The third-order valence-electron chi connectivity index (χ3n) is 2.28. The highest BCUT2D eigenvalue weighted by Crippen LogP contribution is 2.34. The molecule has 0 fully saturated rings. The van der Waals surface area contributed by atoms with E-state index in [1.165, 1.54) is 13.2 Å². The normalized spacial score (nSPS) is 9.94. The van der Waals surface area contributed by atoms with Gasteiger partial charge in [-0.1, -0.05) is 13.8 Å². The molecule has 0 saturated carbocycles. The Morgan fingerprint density at radius 1 is 1.50 bits per heavy atom. The first-order valence-corrected chi connectivity index (χ1v) is 4.77. The van der Waals surface area contributed by atoms with Crippen LogP contribution in [0.4, 0.5) is 5.69 Å². The molecule has 0 N–H and O–H groups in total. The Morgan fingerprint density at radius 2 is 2.12 bits per heavy atom. The van der Waals surface area contributed by atoms with E-state index in [-0.39, 0.29) is 22.9 Å². The minimum Gasteiger partial charge on any atom is -0.489 e. The highest BCUT2D eigenvalue weighted by Gasteiger charge is 2.21. The molecule has 1 aromatic carbocycles. The summed E-state index contributed by atoms with van der Waals surface area (Å²) in [6.07, 6.45) is 0. The Labute approximate surface area is 93.4 Å². The quantitative estimate of drug-likeness (QED) is 0.579. The molecule has 5 nitrogen and oxygen atoms in total. The number of methoxy groups -OCH3 is 1. The molecule has 0 spiro atoms. The largest absolute Gasteiger partial charge is 0.489 e. The van der Waals surface area contributed by atoms with Crippen molar-refractivity contribution >= 4 is 5.69 Å². The zero-order valence-corrected chi connectivity index (χ0v) is 9.35. The van der Waals surface area contributed by atoms with Crippen molar-refractivity contribution in [2.24, 2.45) is 0 Å². The molecule has 0 heterocycles. The van der Waals surface area contributed by atoms with Crippen molar-refractivity contribution in [2.45, 2.75) is 19.8 Å². The van der Waals surface area contributed by atoms with Crippen LogP contribution in [0.2, 0.25) is 0 Å². The molecule has 1 aromatic rings. The summed E-state index contributed by atoms with van der Waals surface area (Å²) in [7, 11) is 1.32. The lowest BCUT2D eigenvalue weighted by Gasteiger charge is -2.09. The van der Waals surface area contributed by atoms with E-state index < -0.39 is 4.92 Å². The van der Waals surface area contributed by atoms with Gasteiger partial charge < -0.3 is 4.74 Å². The topological polar surface area (TPSA) is 76.2 Å². The lowest BCUT2D eigenvalue weighted by atomic mass is 9.99. The first-order chi connectivity index (χ1) is 7.51. The van der Waals surface area contributed by atoms with Crippen LogP contribution >= 0.6 is 0 Å². The van der Waals surface area contributed by atoms with E-state index in [0.29, 0.717) is 0 Å². The molecule has 5 heteroatoms. The molecule has 0 unspecified atom stereocenters. The Hall–Kier alpha value is -2.09. The van der Waals surface area contributed by atoms with E-state index in [4.69, 9.17) is 10.00 Å².